The third kappa shape index (κ3) is 3.59. The SMILES string of the molecule is CCOC(CSc1nnc2n(-c3ccccc3)c(=O)c3c4c(sc3n12)CCC4)OCC. The molecule has 0 fully saturated rings. The molecule has 4 aromatic rings. The molecular weight excluding hydrogens is 432 g/mol. The summed E-state index contributed by atoms with van der Waals surface area (Å²) >= 11 is 3.24. The zero-order chi connectivity index (χ0) is 21.4. The van der Waals surface area contributed by atoms with E-state index in [9.17, 15) is 4.79 Å². The van der Waals surface area contributed by atoms with Crippen molar-refractivity contribution in [2.45, 2.75) is 44.6 Å². The number of ether oxygens (including phenoxy) is 2. The molecule has 0 saturated heterocycles. The number of rotatable bonds is 8. The molecule has 1 aromatic carbocycles. The number of thioether (sulfide) groups is 1. The van der Waals surface area contributed by atoms with Gasteiger partial charge < -0.3 is 9.47 Å². The van der Waals surface area contributed by atoms with Crippen LogP contribution in [0.4, 0.5) is 0 Å². The minimum atomic E-state index is -0.309. The first kappa shape index (κ1) is 20.7. The second-order valence-electron chi connectivity index (χ2n) is 7.28. The van der Waals surface area contributed by atoms with E-state index >= 15 is 0 Å². The largest absolute Gasteiger partial charge is 0.352 e. The first-order valence-corrected chi connectivity index (χ1v) is 12.4. The van der Waals surface area contributed by atoms with E-state index in [1.807, 2.05) is 48.6 Å². The molecule has 0 aliphatic heterocycles. The van der Waals surface area contributed by atoms with E-state index in [0.29, 0.717) is 24.7 Å². The van der Waals surface area contributed by atoms with E-state index in [0.717, 1.165) is 40.3 Å². The minimum absolute atomic E-state index is 0.0152. The maximum Gasteiger partial charge on any atom is 0.268 e. The van der Waals surface area contributed by atoms with Crippen LogP contribution in [0.15, 0.2) is 40.3 Å². The number of benzene rings is 1. The van der Waals surface area contributed by atoms with Gasteiger partial charge in [0.2, 0.25) is 5.78 Å². The molecule has 3 heterocycles. The Kier molecular flexibility index (Phi) is 5.83. The maximum atomic E-state index is 13.7. The van der Waals surface area contributed by atoms with E-state index in [2.05, 4.69) is 10.2 Å². The maximum absolute atomic E-state index is 13.7. The highest BCUT2D eigenvalue weighted by atomic mass is 32.2. The van der Waals surface area contributed by atoms with E-state index < -0.39 is 0 Å². The Hall–Kier alpha value is -2.20. The van der Waals surface area contributed by atoms with Crippen molar-refractivity contribution in [3.63, 3.8) is 0 Å². The van der Waals surface area contributed by atoms with Gasteiger partial charge >= 0.3 is 0 Å². The highest BCUT2D eigenvalue weighted by Crippen LogP contribution is 2.37. The smallest absolute Gasteiger partial charge is 0.268 e. The molecule has 162 valence electrons. The van der Waals surface area contributed by atoms with Crippen LogP contribution < -0.4 is 5.56 Å². The van der Waals surface area contributed by atoms with Crippen LogP contribution in [-0.4, -0.2) is 44.4 Å². The fourth-order valence-corrected chi connectivity index (χ4v) is 6.43. The number of aromatic nitrogens is 4. The van der Waals surface area contributed by atoms with Gasteiger partial charge in [0.25, 0.3) is 5.56 Å². The van der Waals surface area contributed by atoms with Crippen molar-refractivity contribution >= 4 is 39.1 Å². The lowest BCUT2D eigenvalue weighted by molar-refractivity contribution is -0.120. The monoisotopic (exact) mass is 456 g/mol. The number of nitrogens with zero attached hydrogens (tertiary/aromatic N) is 4. The van der Waals surface area contributed by atoms with Crippen LogP contribution in [-0.2, 0) is 22.3 Å². The summed E-state index contributed by atoms with van der Waals surface area (Å²) < 4.78 is 15.1. The zero-order valence-corrected chi connectivity index (χ0v) is 19.2. The Morgan fingerprint density at radius 1 is 1.13 bits per heavy atom. The second kappa shape index (κ2) is 8.74. The fraction of sp³-hybridized carbons (Fsp3) is 0.409. The summed E-state index contributed by atoms with van der Waals surface area (Å²) in [5.41, 5.74) is 1.98. The number of para-hydroxylation sites is 1. The van der Waals surface area contributed by atoms with Crippen LogP contribution in [0, 0.1) is 0 Å². The average Bonchev–Trinajstić information content (AvgIpc) is 3.47. The summed E-state index contributed by atoms with van der Waals surface area (Å²) in [7, 11) is 0. The molecule has 3 aromatic heterocycles. The van der Waals surface area contributed by atoms with Crippen LogP contribution in [0.1, 0.15) is 30.7 Å². The average molecular weight is 457 g/mol. The summed E-state index contributed by atoms with van der Waals surface area (Å²) in [5, 5.41) is 10.4. The molecule has 0 N–H and O–H groups in total. The predicted octanol–water partition coefficient (Wildman–Crippen LogP) is 4.07. The van der Waals surface area contributed by atoms with Gasteiger partial charge in [-0.1, -0.05) is 30.0 Å². The summed E-state index contributed by atoms with van der Waals surface area (Å²) in [5.74, 6) is 1.13. The molecule has 9 heteroatoms. The second-order valence-corrected chi connectivity index (χ2v) is 9.35. The Bertz CT molecular complexity index is 1270. The fourth-order valence-electron chi connectivity index (χ4n) is 4.12. The van der Waals surface area contributed by atoms with Crippen LogP contribution in [0.3, 0.4) is 0 Å². The predicted molar refractivity (Wildman–Crippen MR) is 124 cm³/mol. The standard InChI is InChI=1S/C22H24N4O3S2/c1-3-28-17(29-4-2)13-30-22-24-23-21-25(14-9-6-5-7-10-14)19(27)18-15-11-8-12-16(15)31-20(18)26(21)22/h5-7,9-10,17H,3-4,8,11-13H2,1-2H3. The highest BCUT2D eigenvalue weighted by Gasteiger charge is 2.26. The van der Waals surface area contributed by atoms with Gasteiger partial charge in [-0.2, -0.15) is 0 Å². The van der Waals surface area contributed by atoms with Gasteiger partial charge in [0.1, 0.15) is 4.83 Å². The number of thiophene rings is 1. The molecule has 0 bridgehead atoms. The Morgan fingerprint density at radius 3 is 2.65 bits per heavy atom. The van der Waals surface area contributed by atoms with Gasteiger partial charge in [-0.3, -0.25) is 4.79 Å². The van der Waals surface area contributed by atoms with Crippen LogP contribution in [0.5, 0.6) is 0 Å². The molecule has 5 rings (SSSR count). The van der Waals surface area contributed by atoms with Gasteiger partial charge in [-0.05, 0) is 50.8 Å². The van der Waals surface area contributed by atoms with E-state index in [1.165, 1.54) is 10.4 Å². The quantitative estimate of drug-likeness (QED) is 0.294. The lowest BCUT2D eigenvalue weighted by atomic mass is 10.2. The minimum Gasteiger partial charge on any atom is -0.352 e. The number of hydrogen-bond donors (Lipinski definition) is 0. The van der Waals surface area contributed by atoms with E-state index in [1.54, 1.807) is 27.7 Å². The molecule has 1 aliphatic rings. The summed E-state index contributed by atoms with van der Waals surface area (Å²) in [6, 6.07) is 9.67. The van der Waals surface area contributed by atoms with E-state index in [4.69, 9.17) is 9.47 Å². The number of aryl methyl sites for hydroxylation is 2. The van der Waals surface area contributed by atoms with Gasteiger partial charge in [-0.25, -0.2) is 8.97 Å². The first-order chi connectivity index (χ1) is 15.2. The molecule has 0 radical (unpaired) electrons. The molecule has 7 nitrogen and oxygen atoms in total. The van der Waals surface area contributed by atoms with Crippen molar-refractivity contribution < 1.29 is 9.47 Å². The lowest BCUT2D eigenvalue weighted by Crippen LogP contribution is -2.22. The number of hydrogen-bond acceptors (Lipinski definition) is 7. The normalized spacial score (nSPS) is 13.6. The van der Waals surface area contributed by atoms with Gasteiger partial charge in [0.15, 0.2) is 11.4 Å². The van der Waals surface area contributed by atoms with Crippen molar-refractivity contribution in [3.8, 4) is 5.69 Å². The molecule has 0 unspecified atom stereocenters. The summed E-state index contributed by atoms with van der Waals surface area (Å²) in [6.07, 6.45) is 2.78. The molecule has 1 aliphatic carbocycles. The Labute approximate surface area is 188 Å². The Morgan fingerprint density at radius 2 is 1.90 bits per heavy atom. The molecule has 0 amide bonds. The Balaban J connectivity index is 1.69. The van der Waals surface area contributed by atoms with Crippen LogP contribution in [0.2, 0.25) is 0 Å². The summed E-state index contributed by atoms with van der Waals surface area (Å²) in [4.78, 5) is 15.9. The van der Waals surface area contributed by atoms with Crippen molar-refractivity contribution in [1.29, 1.82) is 0 Å². The van der Waals surface area contributed by atoms with Crippen LogP contribution in [0.25, 0.3) is 21.7 Å². The molecule has 0 spiro atoms. The van der Waals surface area contributed by atoms with Crippen molar-refractivity contribution in [3.05, 3.63) is 51.1 Å². The van der Waals surface area contributed by atoms with E-state index in [-0.39, 0.29) is 11.8 Å². The zero-order valence-electron chi connectivity index (χ0n) is 17.5. The molecular formula is C22H24N4O3S2. The molecule has 31 heavy (non-hydrogen) atoms. The van der Waals surface area contributed by atoms with Gasteiger partial charge in [0, 0.05) is 18.1 Å². The van der Waals surface area contributed by atoms with Crippen LogP contribution >= 0.6 is 23.1 Å². The highest BCUT2D eigenvalue weighted by molar-refractivity contribution is 7.99. The summed E-state index contributed by atoms with van der Waals surface area (Å²) in [6.45, 7) is 5.08. The van der Waals surface area contributed by atoms with Crippen molar-refractivity contribution in [1.82, 2.24) is 19.2 Å². The third-order valence-electron chi connectivity index (χ3n) is 5.41. The number of fused-ring (bicyclic) bond motifs is 5. The van der Waals surface area contributed by atoms with Crippen molar-refractivity contribution in [2.75, 3.05) is 19.0 Å². The molecule has 0 saturated carbocycles. The lowest BCUT2D eigenvalue weighted by Gasteiger charge is -2.16. The molecule has 0 atom stereocenters. The van der Waals surface area contributed by atoms with Gasteiger partial charge in [0.05, 0.1) is 16.8 Å². The van der Waals surface area contributed by atoms with Gasteiger partial charge in [-0.15, -0.1) is 21.5 Å². The third-order valence-corrected chi connectivity index (χ3v) is 7.65. The first-order valence-electron chi connectivity index (χ1n) is 10.6. The topological polar surface area (TPSA) is 70.7 Å². The van der Waals surface area contributed by atoms with Crippen molar-refractivity contribution in [2.24, 2.45) is 0 Å².